The molecule has 1 fully saturated rings. The van der Waals surface area contributed by atoms with E-state index in [0.29, 0.717) is 5.75 Å². The van der Waals surface area contributed by atoms with Gasteiger partial charge in [-0.05, 0) is 26.4 Å². The number of ether oxygens (including phenoxy) is 1. The molecule has 0 bridgehead atoms. The molecule has 1 aromatic heterocycles. The van der Waals surface area contributed by atoms with Crippen LogP contribution < -0.4 is 4.74 Å². The number of carboxylic acids is 1. The fourth-order valence-corrected chi connectivity index (χ4v) is 2.31. The van der Waals surface area contributed by atoms with Crippen LogP contribution in [0.1, 0.15) is 29.4 Å². The second kappa shape index (κ2) is 4.75. The fourth-order valence-electron chi connectivity index (χ4n) is 2.31. The lowest BCUT2D eigenvalue weighted by molar-refractivity contribution is 0.0670. The number of likely N-dealkylation sites (N-methyl/N-ethyl adjacent to an activating group) is 1. The molecule has 1 aliphatic heterocycles. The van der Waals surface area contributed by atoms with E-state index in [-0.39, 0.29) is 11.7 Å². The summed E-state index contributed by atoms with van der Waals surface area (Å²) in [7, 11) is 3.49. The van der Waals surface area contributed by atoms with Gasteiger partial charge in [-0.15, -0.1) is 0 Å². The smallest absolute Gasteiger partial charge is 0.358 e. The van der Waals surface area contributed by atoms with Crippen molar-refractivity contribution in [2.75, 3.05) is 27.2 Å². The molecular weight excluding hydrogens is 222 g/mol. The first-order valence-corrected chi connectivity index (χ1v) is 5.66. The number of carbonyl (C=O) groups is 1. The number of carboxylic acid groups (broad SMARTS) is 1. The summed E-state index contributed by atoms with van der Waals surface area (Å²) >= 11 is 0. The Morgan fingerprint density at radius 2 is 2.41 bits per heavy atom. The zero-order chi connectivity index (χ0) is 12.4. The molecule has 0 aliphatic carbocycles. The van der Waals surface area contributed by atoms with E-state index in [9.17, 15) is 9.90 Å². The molecule has 1 unspecified atom stereocenters. The number of aromatic carboxylic acids is 1. The largest absolute Gasteiger partial charge is 0.493 e. The molecule has 0 saturated carbocycles. The lowest BCUT2D eigenvalue weighted by Crippen LogP contribution is -2.35. The molecule has 1 N–H and O–H groups in total. The fraction of sp³-hybridized carbons (Fsp3) is 0.636. The molecule has 0 aromatic carbocycles. The normalized spacial score (nSPS) is 21.4. The highest BCUT2D eigenvalue weighted by molar-refractivity contribution is 5.88. The van der Waals surface area contributed by atoms with Crippen LogP contribution in [0.4, 0.5) is 0 Å². The average molecular weight is 239 g/mol. The molecule has 6 nitrogen and oxygen atoms in total. The monoisotopic (exact) mass is 239 g/mol. The summed E-state index contributed by atoms with van der Waals surface area (Å²) in [5.41, 5.74) is 0.146. The Hall–Kier alpha value is -1.56. The highest BCUT2D eigenvalue weighted by Gasteiger charge is 2.26. The van der Waals surface area contributed by atoms with Crippen LogP contribution in [0.2, 0.25) is 0 Å². The van der Waals surface area contributed by atoms with Gasteiger partial charge in [0.05, 0.1) is 19.3 Å². The van der Waals surface area contributed by atoms with Crippen molar-refractivity contribution < 1.29 is 14.6 Å². The first-order chi connectivity index (χ1) is 8.13. The van der Waals surface area contributed by atoms with Gasteiger partial charge in [-0.1, -0.05) is 0 Å². The summed E-state index contributed by atoms with van der Waals surface area (Å²) in [5, 5.41) is 13.4. The second-order valence-electron chi connectivity index (χ2n) is 4.37. The molecule has 0 amide bonds. The predicted octanol–water partition coefficient (Wildman–Crippen LogP) is 0.857. The Bertz CT molecular complexity index is 416. The molecule has 1 saturated heterocycles. The molecular formula is C11H17N3O3. The van der Waals surface area contributed by atoms with Crippen LogP contribution in [-0.2, 0) is 0 Å². The van der Waals surface area contributed by atoms with Gasteiger partial charge < -0.3 is 14.7 Å². The molecule has 1 aromatic rings. The lowest BCUT2D eigenvalue weighted by Gasteiger charge is -2.30. The van der Waals surface area contributed by atoms with Crippen molar-refractivity contribution in [2.45, 2.75) is 18.9 Å². The van der Waals surface area contributed by atoms with Gasteiger partial charge in [-0.2, -0.15) is 5.10 Å². The maximum absolute atomic E-state index is 11.2. The summed E-state index contributed by atoms with van der Waals surface area (Å²) in [6.45, 7) is 1.88. The second-order valence-corrected chi connectivity index (χ2v) is 4.37. The molecule has 94 valence electrons. The summed E-state index contributed by atoms with van der Waals surface area (Å²) in [4.78, 5) is 13.4. The molecule has 0 radical (unpaired) electrons. The molecule has 1 atom stereocenters. The van der Waals surface area contributed by atoms with Gasteiger partial charge in [0.2, 0.25) is 0 Å². The van der Waals surface area contributed by atoms with Crippen LogP contribution in [-0.4, -0.2) is 53.0 Å². The van der Waals surface area contributed by atoms with Crippen LogP contribution in [0.15, 0.2) is 6.20 Å². The van der Waals surface area contributed by atoms with Crippen LogP contribution >= 0.6 is 0 Å². The van der Waals surface area contributed by atoms with E-state index in [0.717, 1.165) is 25.9 Å². The SMILES string of the molecule is COc1cnn(C2CCCN(C)C2)c1C(=O)O. The minimum absolute atomic E-state index is 0.115. The Morgan fingerprint density at radius 1 is 1.65 bits per heavy atom. The van der Waals surface area contributed by atoms with Crippen LogP contribution in [0.25, 0.3) is 0 Å². The molecule has 2 rings (SSSR count). The van der Waals surface area contributed by atoms with Gasteiger partial charge in [0.15, 0.2) is 11.4 Å². The number of piperidine rings is 1. The predicted molar refractivity (Wildman–Crippen MR) is 61.5 cm³/mol. The van der Waals surface area contributed by atoms with Crippen LogP contribution in [0, 0.1) is 0 Å². The molecule has 1 aliphatic rings. The van der Waals surface area contributed by atoms with Gasteiger partial charge in [0.1, 0.15) is 0 Å². The highest BCUT2D eigenvalue weighted by Crippen LogP contribution is 2.26. The van der Waals surface area contributed by atoms with E-state index in [4.69, 9.17) is 4.74 Å². The number of likely N-dealkylation sites (tertiary alicyclic amines) is 1. The van der Waals surface area contributed by atoms with E-state index in [1.54, 1.807) is 4.68 Å². The Labute approximate surface area is 99.8 Å². The summed E-state index contributed by atoms with van der Waals surface area (Å²) in [6, 6.07) is 0.115. The number of hydrogen-bond donors (Lipinski definition) is 1. The van der Waals surface area contributed by atoms with E-state index >= 15 is 0 Å². The Morgan fingerprint density at radius 3 is 3.00 bits per heavy atom. The van der Waals surface area contributed by atoms with E-state index in [1.165, 1.54) is 13.3 Å². The zero-order valence-corrected chi connectivity index (χ0v) is 10.1. The number of methoxy groups -OCH3 is 1. The van der Waals surface area contributed by atoms with Crippen molar-refractivity contribution >= 4 is 5.97 Å². The minimum atomic E-state index is -0.993. The maximum Gasteiger partial charge on any atom is 0.358 e. The van der Waals surface area contributed by atoms with Gasteiger partial charge in [0.25, 0.3) is 0 Å². The molecule has 0 spiro atoms. The van der Waals surface area contributed by atoms with Crippen molar-refractivity contribution in [3.8, 4) is 5.75 Å². The van der Waals surface area contributed by atoms with Crippen LogP contribution in [0.5, 0.6) is 5.75 Å². The zero-order valence-electron chi connectivity index (χ0n) is 10.1. The number of hydrogen-bond acceptors (Lipinski definition) is 4. The third-order valence-electron chi connectivity index (χ3n) is 3.13. The molecule has 6 heteroatoms. The van der Waals surface area contributed by atoms with E-state index < -0.39 is 5.97 Å². The van der Waals surface area contributed by atoms with Gasteiger partial charge in [-0.25, -0.2) is 4.79 Å². The van der Waals surface area contributed by atoms with Gasteiger partial charge >= 0.3 is 5.97 Å². The van der Waals surface area contributed by atoms with Crippen molar-refractivity contribution in [1.29, 1.82) is 0 Å². The van der Waals surface area contributed by atoms with Crippen molar-refractivity contribution in [3.63, 3.8) is 0 Å². The minimum Gasteiger partial charge on any atom is -0.493 e. The van der Waals surface area contributed by atoms with Crippen LogP contribution in [0.3, 0.4) is 0 Å². The molecule has 17 heavy (non-hydrogen) atoms. The average Bonchev–Trinajstić information content (AvgIpc) is 2.72. The summed E-state index contributed by atoms with van der Waals surface area (Å²) < 4.78 is 6.61. The molecule has 2 heterocycles. The Kier molecular flexibility index (Phi) is 3.33. The lowest BCUT2D eigenvalue weighted by atomic mass is 10.1. The maximum atomic E-state index is 11.2. The highest BCUT2D eigenvalue weighted by atomic mass is 16.5. The summed E-state index contributed by atoms with van der Waals surface area (Å²) in [6.07, 6.45) is 3.48. The Balaban J connectivity index is 2.31. The first kappa shape index (κ1) is 11.9. The quantitative estimate of drug-likeness (QED) is 0.847. The third-order valence-corrected chi connectivity index (χ3v) is 3.13. The van der Waals surface area contributed by atoms with Crippen molar-refractivity contribution in [1.82, 2.24) is 14.7 Å². The third kappa shape index (κ3) is 2.26. The number of aromatic nitrogens is 2. The summed E-state index contributed by atoms with van der Waals surface area (Å²) in [5.74, 6) is -0.668. The van der Waals surface area contributed by atoms with Crippen molar-refractivity contribution in [2.24, 2.45) is 0 Å². The first-order valence-electron chi connectivity index (χ1n) is 5.66. The van der Waals surface area contributed by atoms with E-state index in [1.807, 2.05) is 7.05 Å². The van der Waals surface area contributed by atoms with Gasteiger partial charge in [-0.3, -0.25) is 4.68 Å². The number of nitrogens with zero attached hydrogens (tertiary/aromatic N) is 3. The topological polar surface area (TPSA) is 67.6 Å². The standard InChI is InChI=1S/C11H17N3O3/c1-13-5-3-4-8(7-13)14-10(11(15)16)9(17-2)6-12-14/h6,8H,3-5,7H2,1-2H3,(H,15,16). The van der Waals surface area contributed by atoms with Crippen molar-refractivity contribution in [3.05, 3.63) is 11.9 Å². The van der Waals surface area contributed by atoms with E-state index in [2.05, 4.69) is 10.00 Å². The van der Waals surface area contributed by atoms with Gasteiger partial charge in [0, 0.05) is 6.54 Å². The number of rotatable bonds is 3.